The second kappa shape index (κ2) is 6.31. The molecule has 2 aliphatic rings. The molecule has 2 unspecified atom stereocenters. The number of aromatic nitrogens is 1. The molecule has 22 heavy (non-hydrogen) atoms. The van der Waals surface area contributed by atoms with Crippen LogP contribution in [0, 0.1) is 5.92 Å². The number of hydrogen-bond donors (Lipinski definition) is 2. The fourth-order valence-electron chi connectivity index (χ4n) is 2.98. The van der Waals surface area contributed by atoms with E-state index in [1.54, 1.807) is 4.31 Å². The molecule has 1 saturated heterocycles. The highest BCUT2D eigenvalue weighted by Crippen LogP contribution is 2.45. The Labute approximate surface area is 135 Å². The molecule has 0 spiro atoms. The molecule has 0 radical (unpaired) electrons. The Hall–Kier alpha value is -0.890. The van der Waals surface area contributed by atoms with Crippen LogP contribution in [0.1, 0.15) is 25.7 Å². The van der Waals surface area contributed by atoms with E-state index in [1.807, 2.05) is 0 Å². The number of rotatable bonds is 6. The van der Waals surface area contributed by atoms with Crippen molar-refractivity contribution in [2.24, 2.45) is 5.92 Å². The second-order valence-electron chi connectivity index (χ2n) is 5.83. The maximum absolute atomic E-state index is 12.7. The molecule has 1 aliphatic heterocycles. The minimum atomic E-state index is -3.52. The Balaban J connectivity index is 1.77. The van der Waals surface area contributed by atoms with Crippen LogP contribution in [0.25, 0.3) is 0 Å². The zero-order chi connectivity index (χ0) is 15.7. The predicted octanol–water partition coefficient (Wildman–Crippen LogP) is 1.70. The maximum Gasteiger partial charge on any atom is 0.244 e. The number of piperidine rings is 1. The van der Waals surface area contributed by atoms with E-state index >= 15 is 0 Å². The van der Waals surface area contributed by atoms with Crippen molar-refractivity contribution in [3.8, 4) is 0 Å². The number of pyridine rings is 1. The number of aliphatic hydroxyl groups is 1. The summed E-state index contributed by atoms with van der Waals surface area (Å²) in [7, 11) is -3.52. The largest absolute Gasteiger partial charge is 0.396 e. The fourth-order valence-corrected chi connectivity index (χ4v) is 4.99. The molecule has 2 heterocycles. The van der Waals surface area contributed by atoms with E-state index < -0.39 is 10.0 Å². The molecule has 2 fully saturated rings. The normalized spacial score (nSPS) is 24.8. The van der Waals surface area contributed by atoms with Gasteiger partial charge in [-0.1, -0.05) is 11.6 Å². The monoisotopic (exact) mass is 345 g/mol. The lowest BCUT2D eigenvalue weighted by molar-refractivity contribution is 0.292. The van der Waals surface area contributed by atoms with Crippen molar-refractivity contribution in [2.45, 2.75) is 36.6 Å². The topological polar surface area (TPSA) is 82.5 Å². The van der Waals surface area contributed by atoms with Gasteiger partial charge in [0.1, 0.15) is 10.7 Å². The van der Waals surface area contributed by atoms with Crippen LogP contribution in [-0.2, 0) is 10.0 Å². The van der Waals surface area contributed by atoms with Crippen molar-refractivity contribution in [3.63, 3.8) is 0 Å². The van der Waals surface area contributed by atoms with Gasteiger partial charge in [0, 0.05) is 31.9 Å². The van der Waals surface area contributed by atoms with Gasteiger partial charge in [0.05, 0.1) is 5.02 Å². The predicted molar refractivity (Wildman–Crippen MR) is 84.5 cm³/mol. The number of nitrogens with zero attached hydrogens (tertiary/aromatic N) is 2. The summed E-state index contributed by atoms with van der Waals surface area (Å²) < 4.78 is 27.0. The summed E-state index contributed by atoms with van der Waals surface area (Å²) in [6, 6.07) is 1.62. The van der Waals surface area contributed by atoms with Crippen LogP contribution in [0.2, 0.25) is 5.02 Å². The minimum absolute atomic E-state index is 0.0780. The number of anilines is 1. The van der Waals surface area contributed by atoms with Crippen molar-refractivity contribution < 1.29 is 13.5 Å². The van der Waals surface area contributed by atoms with Crippen molar-refractivity contribution in [3.05, 3.63) is 17.3 Å². The summed E-state index contributed by atoms with van der Waals surface area (Å²) >= 11 is 6.13. The first-order chi connectivity index (χ1) is 10.5. The highest BCUT2D eigenvalue weighted by molar-refractivity contribution is 7.89. The minimum Gasteiger partial charge on any atom is -0.396 e. The molecule has 1 aliphatic carbocycles. The number of hydrogen-bond acceptors (Lipinski definition) is 5. The summed E-state index contributed by atoms with van der Waals surface area (Å²) in [6.07, 6.45) is 4.95. The molecule has 8 heteroatoms. The van der Waals surface area contributed by atoms with Crippen LogP contribution < -0.4 is 5.32 Å². The lowest BCUT2D eigenvalue weighted by atomic mass is 10.2. The molecule has 0 aromatic carbocycles. The maximum atomic E-state index is 12.7. The molecule has 0 bridgehead atoms. The lowest BCUT2D eigenvalue weighted by Crippen LogP contribution is -2.37. The van der Waals surface area contributed by atoms with Gasteiger partial charge in [-0.15, -0.1) is 0 Å². The summed E-state index contributed by atoms with van der Waals surface area (Å²) in [5.41, 5.74) is 0. The van der Waals surface area contributed by atoms with Gasteiger partial charge in [0.2, 0.25) is 10.0 Å². The van der Waals surface area contributed by atoms with Gasteiger partial charge >= 0.3 is 0 Å². The first-order valence-electron chi connectivity index (χ1n) is 7.56. The third kappa shape index (κ3) is 3.08. The van der Waals surface area contributed by atoms with Gasteiger partial charge < -0.3 is 10.4 Å². The van der Waals surface area contributed by atoms with Crippen LogP contribution in [0.5, 0.6) is 0 Å². The van der Waals surface area contributed by atoms with Crippen molar-refractivity contribution in [1.82, 2.24) is 9.29 Å². The number of sulfonamides is 1. The van der Waals surface area contributed by atoms with Crippen molar-refractivity contribution >= 4 is 27.4 Å². The number of fused-ring (bicyclic) bond motifs is 1. The van der Waals surface area contributed by atoms with E-state index in [9.17, 15) is 8.42 Å². The highest BCUT2D eigenvalue weighted by Gasteiger charge is 2.49. The van der Waals surface area contributed by atoms with Crippen molar-refractivity contribution in [1.29, 1.82) is 0 Å². The summed E-state index contributed by atoms with van der Waals surface area (Å²) in [5.74, 6) is 0.975. The Bertz CT molecular complexity index is 653. The van der Waals surface area contributed by atoms with Gasteiger partial charge in [0.25, 0.3) is 0 Å². The van der Waals surface area contributed by atoms with Crippen LogP contribution in [0.15, 0.2) is 17.2 Å². The Morgan fingerprint density at radius 2 is 2.32 bits per heavy atom. The first-order valence-corrected chi connectivity index (χ1v) is 9.38. The van der Waals surface area contributed by atoms with E-state index in [2.05, 4.69) is 10.3 Å². The van der Waals surface area contributed by atoms with Crippen LogP contribution >= 0.6 is 11.6 Å². The van der Waals surface area contributed by atoms with Crippen LogP contribution in [-0.4, -0.2) is 48.6 Å². The van der Waals surface area contributed by atoms with E-state index in [0.29, 0.717) is 31.2 Å². The van der Waals surface area contributed by atoms with E-state index in [4.69, 9.17) is 16.7 Å². The van der Waals surface area contributed by atoms with Crippen LogP contribution in [0.3, 0.4) is 0 Å². The zero-order valence-electron chi connectivity index (χ0n) is 12.2. The summed E-state index contributed by atoms with van der Waals surface area (Å²) in [6.45, 7) is 1.19. The van der Waals surface area contributed by atoms with E-state index in [1.165, 1.54) is 12.3 Å². The Morgan fingerprint density at radius 1 is 1.50 bits per heavy atom. The molecule has 2 atom stereocenters. The third-order valence-corrected chi connectivity index (χ3v) is 6.44. The van der Waals surface area contributed by atoms with E-state index in [-0.39, 0.29) is 22.6 Å². The average Bonchev–Trinajstić information content (AvgIpc) is 3.28. The molecule has 0 amide bonds. The highest BCUT2D eigenvalue weighted by atomic mass is 35.5. The number of nitrogens with one attached hydrogen (secondary N) is 1. The van der Waals surface area contributed by atoms with Gasteiger partial charge in [-0.25, -0.2) is 13.4 Å². The molecule has 1 saturated carbocycles. The quantitative estimate of drug-likeness (QED) is 0.767. The Kier molecular flexibility index (Phi) is 4.59. The smallest absolute Gasteiger partial charge is 0.244 e. The van der Waals surface area contributed by atoms with Gasteiger partial charge in [0.15, 0.2) is 0 Å². The number of halogens is 1. The fraction of sp³-hybridized carbons (Fsp3) is 0.643. The molecule has 122 valence electrons. The van der Waals surface area contributed by atoms with E-state index in [0.717, 1.165) is 19.3 Å². The molecule has 1 aromatic rings. The molecule has 2 N–H and O–H groups in total. The van der Waals surface area contributed by atoms with Gasteiger partial charge in [-0.2, -0.15) is 4.31 Å². The van der Waals surface area contributed by atoms with Crippen molar-refractivity contribution in [2.75, 3.05) is 25.0 Å². The molecule has 6 nitrogen and oxygen atoms in total. The Morgan fingerprint density at radius 3 is 3.05 bits per heavy atom. The molecular weight excluding hydrogens is 326 g/mol. The SMILES string of the molecule is O=S(=O)(c1cnc(NCCCO)c(Cl)c1)N1CCCC2CC21. The first kappa shape index (κ1) is 16.0. The summed E-state index contributed by atoms with van der Waals surface area (Å²) in [4.78, 5) is 4.27. The second-order valence-corrected chi connectivity index (χ2v) is 8.12. The van der Waals surface area contributed by atoms with Gasteiger partial charge in [-0.3, -0.25) is 0 Å². The average molecular weight is 346 g/mol. The standard InChI is InChI=1S/C14H20ClN3O3S/c15-12-8-11(9-17-14(12)16-4-2-6-19)22(20,21)18-5-1-3-10-7-13(10)18/h8-10,13,19H,1-7H2,(H,16,17). The lowest BCUT2D eigenvalue weighted by Gasteiger charge is -2.25. The van der Waals surface area contributed by atoms with Gasteiger partial charge in [-0.05, 0) is 37.7 Å². The summed E-state index contributed by atoms with van der Waals surface area (Å²) in [5, 5.41) is 12.0. The molecular formula is C14H20ClN3O3S. The zero-order valence-corrected chi connectivity index (χ0v) is 13.8. The third-order valence-electron chi connectivity index (χ3n) is 4.26. The number of aliphatic hydroxyl groups excluding tert-OH is 1. The van der Waals surface area contributed by atoms with Crippen LogP contribution in [0.4, 0.5) is 5.82 Å². The molecule has 3 rings (SSSR count). The molecule has 1 aromatic heterocycles.